The van der Waals surface area contributed by atoms with Gasteiger partial charge in [0.1, 0.15) is 11.5 Å². The standard InChI is InChI=1S/C18H15ClN2O4S/c1-2-7-24-17(23)12-8-10(3-5-13(12)19)14-6-4-11(25-14)9-15-16(22)21-18(20)26-15/h3-6,8-9H,2,7H2,1H3,(H2,20,21,22). The number of hydrogen-bond acceptors (Lipinski definition) is 6. The van der Waals surface area contributed by atoms with Gasteiger partial charge in [0.2, 0.25) is 0 Å². The van der Waals surface area contributed by atoms with Crippen LogP contribution in [0, 0.1) is 0 Å². The summed E-state index contributed by atoms with van der Waals surface area (Å²) in [7, 11) is 0. The second kappa shape index (κ2) is 7.80. The van der Waals surface area contributed by atoms with Crippen molar-refractivity contribution in [2.45, 2.75) is 13.3 Å². The van der Waals surface area contributed by atoms with Crippen LogP contribution < -0.4 is 5.73 Å². The SMILES string of the molecule is CCCOC(=O)c1cc(-c2ccc(C=C3SC(N)=NC3=O)o2)ccc1Cl. The molecule has 3 rings (SSSR count). The number of carbonyl (C=O) groups is 2. The van der Waals surface area contributed by atoms with E-state index in [1.54, 1.807) is 36.4 Å². The average Bonchev–Trinajstić information content (AvgIpc) is 3.20. The number of hydrogen-bond donors (Lipinski definition) is 1. The first kappa shape index (κ1) is 18.3. The van der Waals surface area contributed by atoms with E-state index in [4.69, 9.17) is 26.5 Å². The number of rotatable bonds is 5. The van der Waals surface area contributed by atoms with Crippen molar-refractivity contribution in [3.05, 3.63) is 51.6 Å². The van der Waals surface area contributed by atoms with E-state index in [0.717, 1.165) is 18.2 Å². The number of amidine groups is 1. The second-order valence-electron chi connectivity index (χ2n) is 5.40. The van der Waals surface area contributed by atoms with Crippen molar-refractivity contribution >= 4 is 46.5 Å². The number of carbonyl (C=O) groups excluding carboxylic acids is 2. The molecule has 1 aliphatic heterocycles. The van der Waals surface area contributed by atoms with Gasteiger partial charge in [-0.05, 0) is 48.5 Å². The van der Waals surface area contributed by atoms with E-state index >= 15 is 0 Å². The van der Waals surface area contributed by atoms with Gasteiger partial charge in [0.25, 0.3) is 5.91 Å². The first-order valence-corrected chi connectivity index (χ1v) is 9.02. The predicted octanol–water partition coefficient (Wildman–Crippen LogP) is 4.10. The van der Waals surface area contributed by atoms with Crippen molar-refractivity contribution < 1.29 is 18.7 Å². The number of benzene rings is 1. The minimum Gasteiger partial charge on any atom is -0.462 e. The van der Waals surface area contributed by atoms with E-state index in [9.17, 15) is 9.59 Å². The summed E-state index contributed by atoms with van der Waals surface area (Å²) in [5.74, 6) is 0.138. The Balaban J connectivity index is 1.84. The van der Waals surface area contributed by atoms with Gasteiger partial charge in [-0.2, -0.15) is 4.99 Å². The topological polar surface area (TPSA) is 94.9 Å². The highest BCUT2D eigenvalue weighted by Gasteiger charge is 2.20. The predicted molar refractivity (Wildman–Crippen MR) is 102 cm³/mol. The minimum atomic E-state index is -0.479. The molecule has 1 aromatic carbocycles. The molecular formula is C18H15ClN2O4S. The zero-order valence-corrected chi connectivity index (χ0v) is 15.4. The van der Waals surface area contributed by atoms with Crippen molar-refractivity contribution in [1.82, 2.24) is 0 Å². The molecule has 1 aromatic heterocycles. The van der Waals surface area contributed by atoms with E-state index < -0.39 is 11.9 Å². The third-order valence-electron chi connectivity index (χ3n) is 3.45. The summed E-state index contributed by atoms with van der Waals surface area (Å²) >= 11 is 7.19. The molecule has 0 saturated heterocycles. The molecule has 0 atom stereocenters. The van der Waals surface area contributed by atoms with Gasteiger partial charge in [0, 0.05) is 11.6 Å². The Labute approximate surface area is 159 Å². The van der Waals surface area contributed by atoms with Crippen molar-refractivity contribution in [3.8, 4) is 11.3 Å². The van der Waals surface area contributed by atoms with Crippen LogP contribution >= 0.6 is 23.4 Å². The van der Waals surface area contributed by atoms with Crippen LogP contribution in [0.3, 0.4) is 0 Å². The van der Waals surface area contributed by atoms with E-state index in [-0.39, 0.29) is 10.7 Å². The van der Waals surface area contributed by atoms with Crippen molar-refractivity contribution in [3.63, 3.8) is 0 Å². The number of halogens is 1. The van der Waals surface area contributed by atoms with E-state index in [1.165, 1.54) is 0 Å². The molecule has 0 aliphatic carbocycles. The van der Waals surface area contributed by atoms with Gasteiger partial charge in [-0.15, -0.1) is 0 Å². The summed E-state index contributed by atoms with van der Waals surface area (Å²) < 4.78 is 10.9. The molecule has 0 saturated carbocycles. The summed E-state index contributed by atoms with van der Waals surface area (Å²) in [6.07, 6.45) is 2.30. The highest BCUT2D eigenvalue weighted by molar-refractivity contribution is 8.18. The third-order valence-corrected chi connectivity index (χ3v) is 4.59. The number of furan rings is 1. The zero-order chi connectivity index (χ0) is 18.7. The van der Waals surface area contributed by atoms with Gasteiger partial charge < -0.3 is 14.9 Å². The highest BCUT2D eigenvalue weighted by atomic mass is 35.5. The molecule has 134 valence electrons. The molecule has 1 aliphatic rings. The highest BCUT2D eigenvalue weighted by Crippen LogP contribution is 2.30. The third kappa shape index (κ3) is 4.00. The van der Waals surface area contributed by atoms with Gasteiger partial charge in [-0.1, -0.05) is 18.5 Å². The largest absolute Gasteiger partial charge is 0.462 e. The van der Waals surface area contributed by atoms with Crippen molar-refractivity contribution in [2.24, 2.45) is 10.7 Å². The summed E-state index contributed by atoms with van der Waals surface area (Å²) in [6.45, 7) is 2.24. The Morgan fingerprint density at radius 2 is 2.19 bits per heavy atom. The van der Waals surface area contributed by atoms with Crippen LogP contribution in [0.25, 0.3) is 17.4 Å². The summed E-state index contributed by atoms with van der Waals surface area (Å²) in [6, 6.07) is 8.43. The van der Waals surface area contributed by atoms with E-state index in [2.05, 4.69) is 4.99 Å². The monoisotopic (exact) mass is 390 g/mol. The molecule has 8 heteroatoms. The zero-order valence-electron chi connectivity index (χ0n) is 13.8. The van der Waals surface area contributed by atoms with Gasteiger partial charge in [-0.3, -0.25) is 4.79 Å². The van der Waals surface area contributed by atoms with Gasteiger partial charge in [0.05, 0.1) is 22.1 Å². The number of nitrogens with zero attached hydrogens (tertiary/aromatic N) is 1. The molecule has 6 nitrogen and oxygen atoms in total. The Hall–Kier alpha value is -2.51. The van der Waals surface area contributed by atoms with Gasteiger partial charge in [-0.25, -0.2) is 4.79 Å². The van der Waals surface area contributed by atoms with E-state index in [0.29, 0.717) is 33.6 Å². The molecule has 1 amide bonds. The Morgan fingerprint density at radius 3 is 2.88 bits per heavy atom. The van der Waals surface area contributed by atoms with Crippen LogP contribution in [0.5, 0.6) is 0 Å². The lowest BCUT2D eigenvalue weighted by atomic mass is 10.1. The fraction of sp³-hybridized carbons (Fsp3) is 0.167. The van der Waals surface area contributed by atoms with Crippen LogP contribution in [0.4, 0.5) is 0 Å². The number of aliphatic imine (C=N–C) groups is 1. The maximum atomic E-state index is 12.1. The smallest absolute Gasteiger partial charge is 0.339 e. The molecule has 0 radical (unpaired) electrons. The maximum Gasteiger partial charge on any atom is 0.339 e. The van der Waals surface area contributed by atoms with Crippen LogP contribution in [0.15, 0.2) is 44.6 Å². The van der Waals surface area contributed by atoms with Crippen molar-refractivity contribution in [1.29, 1.82) is 0 Å². The number of thioether (sulfide) groups is 1. The summed E-state index contributed by atoms with van der Waals surface area (Å²) in [5.41, 5.74) is 6.47. The first-order valence-electron chi connectivity index (χ1n) is 7.83. The van der Waals surface area contributed by atoms with Crippen LogP contribution in [-0.4, -0.2) is 23.7 Å². The van der Waals surface area contributed by atoms with Crippen LogP contribution in [0.2, 0.25) is 5.02 Å². The number of ether oxygens (including phenoxy) is 1. The average molecular weight is 391 g/mol. The fourth-order valence-corrected chi connectivity index (χ4v) is 3.10. The van der Waals surface area contributed by atoms with Crippen molar-refractivity contribution in [2.75, 3.05) is 6.61 Å². The molecular weight excluding hydrogens is 376 g/mol. The first-order chi connectivity index (χ1) is 12.5. The Morgan fingerprint density at radius 1 is 1.38 bits per heavy atom. The molecule has 0 spiro atoms. The lowest BCUT2D eigenvalue weighted by molar-refractivity contribution is -0.113. The number of nitrogens with two attached hydrogens (primary N) is 1. The molecule has 0 fully saturated rings. The molecule has 26 heavy (non-hydrogen) atoms. The quantitative estimate of drug-likeness (QED) is 0.610. The normalized spacial score (nSPS) is 15.4. The van der Waals surface area contributed by atoms with Gasteiger partial charge >= 0.3 is 5.97 Å². The van der Waals surface area contributed by atoms with E-state index in [1.807, 2.05) is 6.92 Å². The summed E-state index contributed by atoms with van der Waals surface area (Å²) in [4.78, 5) is 27.8. The minimum absolute atomic E-state index is 0.209. The summed E-state index contributed by atoms with van der Waals surface area (Å²) in [5, 5.41) is 0.519. The second-order valence-corrected chi connectivity index (χ2v) is 6.87. The molecule has 2 aromatic rings. The Kier molecular flexibility index (Phi) is 5.49. The Bertz CT molecular complexity index is 933. The lowest BCUT2D eigenvalue weighted by Crippen LogP contribution is -2.06. The number of amides is 1. The molecule has 0 bridgehead atoms. The molecule has 2 N–H and O–H groups in total. The number of esters is 1. The van der Waals surface area contributed by atoms with Gasteiger partial charge in [0.15, 0.2) is 5.17 Å². The lowest BCUT2D eigenvalue weighted by Gasteiger charge is -2.06. The van der Waals surface area contributed by atoms with Crippen LogP contribution in [0.1, 0.15) is 29.5 Å². The molecule has 0 unspecified atom stereocenters. The molecule has 2 heterocycles. The fourth-order valence-electron chi connectivity index (χ4n) is 2.25. The maximum absolute atomic E-state index is 12.1. The van der Waals surface area contributed by atoms with Crippen LogP contribution in [-0.2, 0) is 9.53 Å².